The predicted molar refractivity (Wildman–Crippen MR) is 173 cm³/mol. The smallest absolute Gasteiger partial charge is 0.319 e. The molecule has 8 rings (SSSR count). The molecule has 3 aliphatic heterocycles. The van der Waals surface area contributed by atoms with E-state index in [1.165, 1.54) is 11.0 Å². The molecule has 5 heterocycles. The highest BCUT2D eigenvalue weighted by atomic mass is 35.5. The van der Waals surface area contributed by atoms with Gasteiger partial charge in [-0.3, -0.25) is 4.90 Å². The third-order valence-electron chi connectivity index (χ3n) is 10.3. The molecule has 2 saturated heterocycles. The number of hydrogen-bond acceptors (Lipinski definition) is 10. The summed E-state index contributed by atoms with van der Waals surface area (Å²) in [6.07, 6.45) is -1.74. The average molecular weight is 716 g/mol. The maximum absolute atomic E-state index is 17.1. The fraction of sp³-hybridized carbons (Fsp3) is 0.455. The monoisotopic (exact) mass is 715 g/mol. The minimum atomic E-state index is -2.94. The molecule has 0 spiro atoms. The van der Waals surface area contributed by atoms with Crippen LogP contribution in [0.15, 0.2) is 12.1 Å². The molecule has 49 heavy (non-hydrogen) atoms. The van der Waals surface area contributed by atoms with E-state index in [0.717, 1.165) is 23.8 Å². The van der Waals surface area contributed by atoms with Gasteiger partial charge in [0.2, 0.25) is 0 Å². The van der Waals surface area contributed by atoms with Crippen molar-refractivity contribution in [2.24, 2.45) is 11.8 Å². The number of ether oxygens (including phenoxy) is 2. The zero-order valence-electron chi connectivity index (χ0n) is 25.7. The Morgan fingerprint density at radius 2 is 2.04 bits per heavy atom. The van der Waals surface area contributed by atoms with E-state index in [9.17, 15) is 28.1 Å². The SMILES string of the molecule is N#Cc1c(N)sc2c(F)ccc(-c3c(Cl)c4c5c(nc(OC[C@@]67CCCN6C[C@H](F)C7)nc5c3F)N(CC3CC3C#N)[C@@H](C(F)F)CO4)c12. The number of nitrogens with two attached hydrogens (primary N) is 1. The number of anilines is 2. The van der Waals surface area contributed by atoms with Gasteiger partial charge in [0.15, 0.2) is 11.6 Å². The van der Waals surface area contributed by atoms with Crippen LogP contribution in [0.5, 0.6) is 11.8 Å². The fourth-order valence-corrected chi connectivity index (χ4v) is 9.03. The molecule has 5 atom stereocenters. The Morgan fingerprint density at radius 3 is 2.78 bits per heavy atom. The molecule has 0 radical (unpaired) electrons. The van der Waals surface area contributed by atoms with E-state index in [2.05, 4.69) is 16.0 Å². The molecule has 16 heteroatoms. The Kier molecular flexibility index (Phi) is 7.66. The van der Waals surface area contributed by atoms with Crippen LogP contribution < -0.4 is 20.1 Å². The molecule has 9 nitrogen and oxygen atoms in total. The van der Waals surface area contributed by atoms with Gasteiger partial charge in [-0.2, -0.15) is 20.5 Å². The van der Waals surface area contributed by atoms with Crippen molar-refractivity contribution >= 4 is 54.7 Å². The molecule has 1 saturated carbocycles. The number of hydrogen-bond donors (Lipinski definition) is 1. The summed E-state index contributed by atoms with van der Waals surface area (Å²) in [5.74, 6) is -2.55. The Bertz CT molecular complexity index is 2120. The maximum atomic E-state index is 17.1. The Labute approximate surface area is 285 Å². The van der Waals surface area contributed by atoms with Crippen LogP contribution in [0.3, 0.4) is 0 Å². The summed E-state index contributed by atoms with van der Waals surface area (Å²) < 4.78 is 88.3. The van der Waals surface area contributed by atoms with Crippen molar-refractivity contribution < 1.29 is 31.4 Å². The first-order valence-electron chi connectivity index (χ1n) is 15.8. The van der Waals surface area contributed by atoms with Gasteiger partial charge in [-0.05, 0) is 43.4 Å². The largest absolute Gasteiger partial charge is 0.489 e. The van der Waals surface area contributed by atoms with Crippen molar-refractivity contribution in [1.82, 2.24) is 14.9 Å². The number of thiophene rings is 1. The van der Waals surface area contributed by atoms with E-state index >= 15 is 4.39 Å². The molecule has 2 aromatic heterocycles. The lowest BCUT2D eigenvalue weighted by molar-refractivity contribution is 0.0859. The summed E-state index contributed by atoms with van der Waals surface area (Å²) in [5.41, 5.74) is 4.71. The number of nitrogens with zero attached hydrogens (tertiary/aromatic N) is 6. The van der Waals surface area contributed by atoms with Crippen LogP contribution in [0.1, 0.15) is 31.2 Å². The normalized spacial score (nSPS) is 26.1. The van der Waals surface area contributed by atoms with Gasteiger partial charge in [0.05, 0.1) is 38.2 Å². The van der Waals surface area contributed by atoms with E-state index in [4.69, 9.17) is 26.8 Å². The summed E-state index contributed by atoms with van der Waals surface area (Å²) in [7, 11) is 0. The van der Waals surface area contributed by atoms with Crippen LogP contribution in [0.4, 0.5) is 32.8 Å². The number of rotatable bonds is 7. The predicted octanol–water partition coefficient (Wildman–Crippen LogP) is 6.84. The Hall–Kier alpha value is -4.18. The minimum Gasteiger partial charge on any atom is -0.489 e. The van der Waals surface area contributed by atoms with Gasteiger partial charge in [-0.15, -0.1) is 11.3 Å². The lowest BCUT2D eigenvalue weighted by atomic mass is 9.95. The van der Waals surface area contributed by atoms with E-state index < -0.39 is 42.4 Å². The third kappa shape index (κ3) is 5.00. The minimum absolute atomic E-state index is 0.00210. The molecule has 2 unspecified atom stereocenters. The van der Waals surface area contributed by atoms with Gasteiger partial charge in [-0.1, -0.05) is 17.7 Å². The molecule has 2 N–H and O–H groups in total. The highest BCUT2D eigenvalue weighted by Crippen LogP contribution is 2.52. The number of aromatic nitrogens is 2. The summed E-state index contributed by atoms with van der Waals surface area (Å²) in [6, 6.07) is 4.59. The van der Waals surface area contributed by atoms with Gasteiger partial charge in [0, 0.05) is 30.5 Å². The number of alkyl halides is 3. The molecule has 254 valence electrons. The first kappa shape index (κ1) is 32.0. The van der Waals surface area contributed by atoms with Crippen LogP contribution in [0.25, 0.3) is 32.1 Å². The van der Waals surface area contributed by atoms with Gasteiger partial charge < -0.3 is 20.1 Å². The van der Waals surface area contributed by atoms with E-state index in [-0.39, 0.29) is 103 Å². The molecule has 4 aliphatic rings. The quantitative estimate of drug-likeness (QED) is 0.205. The molecule has 0 bridgehead atoms. The lowest BCUT2D eigenvalue weighted by Gasteiger charge is -2.32. The molecular formula is C33H27ClF5N7O2S. The molecule has 4 aromatic rings. The van der Waals surface area contributed by atoms with Gasteiger partial charge >= 0.3 is 6.01 Å². The van der Waals surface area contributed by atoms with Crippen molar-refractivity contribution in [1.29, 1.82) is 10.5 Å². The van der Waals surface area contributed by atoms with Crippen molar-refractivity contribution in [3.8, 4) is 35.0 Å². The fourth-order valence-electron chi connectivity index (χ4n) is 7.74. The Morgan fingerprint density at radius 1 is 1.22 bits per heavy atom. The molecule has 2 aromatic carbocycles. The first-order valence-corrected chi connectivity index (χ1v) is 17.0. The van der Waals surface area contributed by atoms with Crippen LogP contribution in [0.2, 0.25) is 5.02 Å². The highest BCUT2D eigenvalue weighted by molar-refractivity contribution is 7.23. The molecular weight excluding hydrogens is 689 g/mol. The average Bonchev–Trinajstić information content (AvgIpc) is 3.49. The van der Waals surface area contributed by atoms with E-state index in [0.29, 0.717) is 19.4 Å². The molecule has 1 aliphatic carbocycles. The molecule has 0 amide bonds. The number of halogens is 6. The van der Waals surface area contributed by atoms with E-state index in [1.54, 1.807) is 0 Å². The second kappa shape index (κ2) is 11.7. The van der Waals surface area contributed by atoms with E-state index in [1.807, 2.05) is 11.0 Å². The summed E-state index contributed by atoms with van der Waals surface area (Å²) in [4.78, 5) is 12.3. The van der Waals surface area contributed by atoms with Crippen molar-refractivity contribution in [2.75, 3.05) is 43.5 Å². The summed E-state index contributed by atoms with van der Waals surface area (Å²) in [5, 5.41) is 19.0. The third-order valence-corrected chi connectivity index (χ3v) is 11.6. The van der Waals surface area contributed by atoms with Crippen molar-refractivity contribution in [3.05, 3.63) is 34.4 Å². The Balaban J connectivity index is 1.35. The van der Waals surface area contributed by atoms with Crippen LogP contribution >= 0.6 is 22.9 Å². The van der Waals surface area contributed by atoms with Crippen LogP contribution in [0, 0.1) is 46.1 Å². The second-order valence-electron chi connectivity index (χ2n) is 13.1. The standard InChI is InChI=1S/C33H27ClF5N7O2S/c34-24-22(17-2-3-19(36)28-21(17)18(9-41)30(42)49-28)25(37)26-23-27(24)47-12-20(29(38)39)46(10-15-6-14(15)8-40)31(23)44-32(43-26)48-13-33-4-1-5-45(33)11-16(35)7-33/h2-3,14-16,20,29H,1,4-7,10-13,42H2/t14?,15?,16-,20-,33+/m1/s1. The zero-order chi connectivity index (χ0) is 34.4. The van der Waals surface area contributed by atoms with Crippen molar-refractivity contribution in [3.63, 3.8) is 0 Å². The van der Waals surface area contributed by atoms with Crippen molar-refractivity contribution in [2.45, 2.75) is 49.9 Å². The van der Waals surface area contributed by atoms with Gasteiger partial charge in [0.1, 0.15) is 53.6 Å². The number of fused-ring (bicyclic) bond motifs is 2. The molecule has 3 fully saturated rings. The summed E-state index contributed by atoms with van der Waals surface area (Å²) in [6.45, 7) is 0.374. The number of nitriles is 2. The lowest BCUT2D eigenvalue weighted by Crippen LogP contribution is -2.45. The number of benzene rings is 2. The number of nitrogen functional groups attached to an aromatic ring is 1. The highest BCUT2D eigenvalue weighted by Gasteiger charge is 2.50. The summed E-state index contributed by atoms with van der Waals surface area (Å²) >= 11 is 7.72. The van der Waals surface area contributed by atoms with Crippen LogP contribution in [-0.2, 0) is 0 Å². The van der Waals surface area contributed by atoms with Gasteiger partial charge in [-0.25, -0.2) is 22.0 Å². The van der Waals surface area contributed by atoms with Gasteiger partial charge in [0.25, 0.3) is 6.43 Å². The topological polar surface area (TPSA) is 124 Å². The second-order valence-corrected chi connectivity index (χ2v) is 14.5. The maximum Gasteiger partial charge on any atom is 0.319 e. The first-order chi connectivity index (χ1) is 23.5. The zero-order valence-corrected chi connectivity index (χ0v) is 27.2. The van der Waals surface area contributed by atoms with Crippen LogP contribution in [-0.4, -0.2) is 71.9 Å².